The van der Waals surface area contributed by atoms with Crippen LogP contribution in [0.4, 0.5) is 0 Å². The number of alkyl halides is 1. The zero-order valence-electron chi connectivity index (χ0n) is 10.0. The van der Waals surface area contributed by atoms with Gasteiger partial charge in [-0.05, 0) is 37.7 Å². The van der Waals surface area contributed by atoms with Gasteiger partial charge in [0.25, 0.3) is 0 Å². The average molecular weight is 241 g/mol. The van der Waals surface area contributed by atoms with E-state index in [1.54, 1.807) is 0 Å². The van der Waals surface area contributed by atoms with Gasteiger partial charge in [-0.3, -0.25) is 4.68 Å². The molecule has 0 spiro atoms. The van der Waals surface area contributed by atoms with Gasteiger partial charge in [0.05, 0.1) is 6.20 Å². The summed E-state index contributed by atoms with van der Waals surface area (Å²) in [6.45, 7) is 3.08. The molecule has 1 heterocycles. The van der Waals surface area contributed by atoms with Crippen LogP contribution in [-0.2, 0) is 13.0 Å². The molecule has 1 fully saturated rings. The maximum atomic E-state index is 6.29. The Balaban J connectivity index is 1.92. The van der Waals surface area contributed by atoms with Crippen molar-refractivity contribution in [1.29, 1.82) is 0 Å². The van der Waals surface area contributed by atoms with Gasteiger partial charge in [-0.2, -0.15) is 5.10 Å². The molecule has 90 valence electrons. The van der Waals surface area contributed by atoms with E-state index in [-0.39, 0.29) is 0 Å². The molecule has 2 unspecified atom stereocenters. The highest BCUT2D eigenvalue weighted by molar-refractivity contribution is 6.20. The summed E-state index contributed by atoms with van der Waals surface area (Å²) < 4.78 is 2.00. The van der Waals surface area contributed by atoms with Crippen LogP contribution in [-0.4, -0.2) is 15.2 Å². The number of aryl methyl sites for hydroxylation is 1. The molecule has 0 aromatic carbocycles. The summed E-state index contributed by atoms with van der Waals surface area (Å²) in [6.07, 6.45) is 11.7. The number of hydrogen-bond acceptors (Lipinski definition) is 1. The van der Waals surface area contributed by atoms with Crippen LogP contribution in [0.5, 0.6) is 0 Å². The van der Waals surface area contributed by atoms with E-state index in [4.69, 9.17) is 11.6 Å². The van der Waals surface area contributed by atoms with E-state index < -0.39 is 0 Å². The minimum Gasteiger partial charge on any atom is -0.273 e. The van der Waals surface area contributed by atoms with Gasteiger partial charge in [-0.15, -0.1) is 11.6 Å². The number of halogens is 1. The Morgan fingerprint density at radius 2 is 2.25 bits per heavy atom. The Hall–Kier alpha value is -0.500. The van der Waals surface area contributed by atoms with Crippen molar-refractivity contribution in [2.24, 2.45) is 5.92 Å². The van der Waals surface area contributed by atoms with Crippen molar-refractivity contribution in [2.75, 3.05) is 0 Å². The quantitative estimate of drug-likeness (QED) is 0.583. The second-order valence-electron chi connectivity index (χ2n) is 4.89. The molecule has 2 atom stereocenters. The zero-order valence-corrected chi connectivity index (χ0v) is 10.8. The molecular weight excluding hydrogens is 220 g/mol. The summed E-state index contributed by atoms with van der Waals surface area (Å²) in [5, 5.41) is 4.72. The molecule has 1 aromatic heterocycles. The largest absolute Gasteiger partial charge is 0.273 e. The number of rotatable bonds is 3. The molecule has 1 saturated carbocycles. The standard InChI is InChI=1S/C13H21ClN2/c1-2-16-10-12(9-15-16)7-11-5-3-4-6-13(14)8-11/h9-11,13H,2-8H2,1H3. The first-order chi connectivity index (χ1) is 7.78. The van der Waals surface area contributed by atoms with Gasteiger partial charge in [0, 0.05) is 18.1 Å². The molecule has 0 saturated heterocycles. The van der Waals surface area contributed by atoms with Gasteiger partial charge in [0.1, 0.15) is 0 Å². The zero-order chi connectivity index (χ0) is 11.4. The summed E-state index contributed by atoms with van der Waals surface area (Å²) in [7, 11) is 0. The highest BCUT2D eigenvalue weighted by Crippen LogP contribution is 2.28. The summed E-state index contributed by atoms with van der Waals surface area (Å²) in [6, 6.07) is 0. The Morgan fingerprint density at radius 3 is 3.00 bits per heavy atom. The fourth-order valence-electron chi connectivity index (χ4n) is 2.60. The normalized spacial score (nSPS) is 26.6. The fourth-order valence-corrected chi connectivity index (χ4v) is 3.01. The first-order valence-electron chi connectivity index (χ1n) is 6.43. The van der Waals surface area contributed by atoms with E-state index in [0.717, 1.165) is 18.9 Å². The molecule has 0 amide bonds. The van der Waals surface area contributed by atoms with E-state index in [1.165, 1.54) is 37.7 Å². The van der Waals surface area contributed by atoms with Gasteiger partial charge in [0.15, 0.2) is 0 Å². The Bertz CT molecular complexity index is 321. The summed E-state index contributed by atoms with van der Waals surface area (Å²) in [4.78, 5) is 0. The van der Waals surface area contributed by atoms with Crippen molar-refractivity contribution in [1.82, 2.24) is 9.78 Å². The SMILES string of the molecule is CCn1cc(CC2CCCCC(Cl)C2)cn1. The molecular formula is C13H21ClN2. The highest BCUT2D eigenvalue weighted by Gasteiger charge is 2.19. The monoisotopic (exact) mass is 240 g/mol. The van der Waals surface area contributed by atoms with Crippen LogP contribution in [0.2, 0.25) is 0 Å². The van der Waals surface area contributed by atoms with Crippen molar-refractivity contribution in [2.45, 2.75) is 57.4 Å². The Kier molecular flexibility index (Phi) is 4.28. The third-order valence-corrected chi connectivity index (χ3v) is 3.90. The minimum atomic E-state index is 0.397. The lowest BCUT2D eigenvalue weighted by Gasteiger charge is -2.14. The second-order valence-corrected chi connectivity index (χ2v) is 5.51. The van der Waals surface area contributed by atoms with Crippen LogP contribution in [0.1, 0.15) is 44.6 Å². The van der Waals surface area contributed by atoms with Gasteiger partial charge in [0.2, 0.25) is 0 Å². The third kappa shape index (κ3) is 3.24. The average Bonchev–Trinajstić information content (AvgIpc) is 2.62. The van der Waals surface area contributed by atoms with E-state index in [9.17, 15) is 0 Å². The lowest BCUT2D eigenvalue weighted by atomic mass is 9.94. The van der Waals surface area contributed by atoms with E-state index in [2.05, 4.69) is 18.2 Å². The molecule has 16 heavy (non-hydrogen) atoms. The molecule has 1 aliphatic rings. The Morgan fingerprint density at radius 1 is 1.44 bits per heavy atom. The van der Waals surface area contributed by atoms with Gasteiger partial charge >= 0.3 is 0 Å². The van der Waals surface area contributed by atoms with Crippen LogP contribution in [0, 0.1) is 5.92 Å². The topological polar surface area (TPSA) is 17.8 Å². The first kappa shape index (κ1) is 12.0. The van der Waals surface area contributed by atoms with Crippen LogP contribution >= 0.6 is 11.6 Å². The first-order valence-corrected chi connectivity index (χ1v) is 6.87. The lowest BCUT2D eigenvalue weighted by molar-refractivity contribution is 0.460. The maximum absolute atomic E-state index is 6.29. The second kappa shape index (κ2) is 5.72. The highest BCUT2D eigenvalue weighted by atomic mass is 35.5. The number of nitrogens with zero attached hydrogens (tertiary/aromatic N) is 2. The molecule has 1 aromatic rings. The predicted octanol–water partition coefficient (Wildman–Crippen LogP) is 3.63. The van der Waals surface area contributed by atoms with Crippen LogP contribution < -0.4 is 0 Å². The number of hydrogen-bond donors (Lipinski definition) is 0. The van der Waals surface area contributed by atoms with E-state index in [0.29, 0.717) is 5.38 Å². The molecule has 0 bridgehead atoms. The van der Waals surface area contributed by atoms with Crippen molar-refractivity contribution in [3.05, 3.63) is 18.0 Å². The van der Waals surface area contributed by atoms with Crippen molar-refractivity contribution in [3.8, 4) is 0 Å². The lowest BCUT2D eigenvalue weighted by Crippen LogP contribution is -2.08. The maximum Gasteiger partial charge on any atom is 0.0521 e. The molecule has 0 N–H and O–H groups in total. The van der Waals surface area contributed by atoms with E-state index in [1.807, 2.05) is 10.9 Å². The molecule has 1 aliphatic carbocycles. The summed E-state index contributed by atoms with van der Waals surface area (Å²) in [5.41, 5.74) is 1.37. The summed E-state index contributed by atoms with van der Waals surface area (Å²) >= 11 is 6.29. The van der Waals surface area contributed by atoms with Gasteiger partial charge < -0.3 is 0 Å². The molecule has 3 heteroatoms. The van der Waals surface area contributed by atoms with Crippen LogP contribution in [0.3, 0.4) is 0 Å². The molecule has 2 rings (SSSR count). The molecule has 0 radical (unpaired) electrons. The number of aromatic nitrogens is 2. The smallest absolute Gasteiger partial charge is 0.0521 e. The minimum absolute atomic E-state index is 0.397. The molecule has 2 nitrogen and oxygen atoms in total. The Labute approximate surface area is 103 Å². The summed E-state index contributed by atoms with van der Waals surface area (Å²) in [5.74, 6) is 0.763. The third-order valence-electron chi connectivity index (χ3n) is 3.50. The van der Waals surface area contributed by atoms with E-state index >= 15 is 0 Å². The van der Waals surface area contributed by atoms with Crippen LogP contribution in [0.25, 0.3) is 0 Å². The predicted molar refractivity (Wildman–Crippen MR) is 67.8 cm³/mol. The fraction of sp³-hybridized carbons (Fsp3) is 0.769. The van der Waals surface area contributed by atoms with Gasteiger partial charge in [-0.1, -0.05) is 19.3 Å². The van der Waals surface area contributed by atoms with Crippen LogP contribution in [0.15, 0.2) is 12.4 Å². The van der Waals surface area contributed by atoms with Gasteiger partial charge in [-0.25, -0.2) is 0 Å². The van der Waals surface area contributed by atoms with Crippen molar-refractivity contribution >= 4 is 11.6 Å². The van der Waals surface area contributed by atoms with Crippen molar-refractivity contribution in [3.63, 3.8) is 0 Å². The molecule has 0 aliphatic heterocycles. The van der Waals surface area contributed by atoms with Crippen molar-refractivity contribution < 1.29 is 0 Å².